The van der Waals surface area contributed by atoms with Crippen LogP contribution in [-0.2, 0) is 27.2 Å². The predicted octanol–water partition coefficient (Wildman–Crippen LogP) is 2.70. The van der Waals surface area contributed by atoms with Crippen LogP contribution in [0, 0.1) is 0 Å². The van der Waals surface area contributed by atoms with Crippen LogP contribution in [-0.4, -0.2) is 86.0 Å². The highest BCUT2D eigenvalue weighted by molar-refractivity contribution is 5.80. The lowest BCUT2D eigenvalue weighted by Gasteiger charge is -2.54. The van der Waals surface area contributed by atoms with E-state index in [0.717, 1.165) is 12.8 Å². The fourth-order valence-electron chi connectivity index (χ4n) is 5.60. The minimum atomic E-state index is -0.598. The molecule has 1 amide bonds. The van der Waals surface area contributed by atoms with Gasteiger partial charge in [-0.1, -0.05) is 6.92 Å². The minimum Gasteiger partial charge on any atom is -0.481 e. The van der Waals surface area contributed by atoms with Crippen molar-refractivity contribution in [3.05, 3.63) is 34.2 Å². The topological polar surface area (TPSA) is 134 Å². The van der Waals surface area contributed by atoms with E-state index in [4.69, 9.17) is 14.2 Å². The number of anilines is 1. The molecule has 0 spiro atoms. The van der Waals surface area contributed by atoms with Gasteiger partial charge in [0.1, 0.15) is 17.8 Å². The molecule has 1 saturated heterocycles. The Labute approximate surface area is 238 Å². The van der Waals surface area contributed by atoms with E-state index < -0.39 is 11.6 Å². The van der Waals surface area contributed by atoms with Crippen molar-refractivity contribution in [2.75, 3.05) is 31.7 Å². The Morgan fingerprint density at radius 1 is 1.10 bits per heavy atom. The van der Waals surface area contributed by atoms with Crippen LogP contribution >= 0.6 is 0 Å². The molecule has 0 aromatic carbocycles. The van der Waals surface area contributed by atoms with Crippen LogP contribution in [0.1, 0.15) is 53.2 Å². The molecule has 0 N–H and O–H groups in total. The Hall–Kier alpha value is -4.16. The van der Waals surface area contributed by atoms with Crippen molar-refractivity contribution >= 4 is 28.9 Å². The van der Waals surface area contributed by atoms with Crippen LogP contribution in [0.5, 0.6) is 5.88 Å². The highest BCUT2D eigenvalue weighted by Gasteiger charge is 2.47. The molecule has 4 heterocycles. The number of carbonyl (C=O) groups excluding carboxylic acids is 2. The summed E-state index contributed by atoms with van der Waals surface area (Å²) in [6, 6.07) is 3.24. The van der Waals surface area contributed by atoms with Gasteiger partial charge in [0.25, 0.3) is 0 Å². The molecule has 13 nitrogen and oxygen atoms in total. The molecule has 2 aliphatic rings. The molecule has 3 aromatic rings. The molecular weight excluding hydrogens is 530 g/mol. The number of rotatable bonds is 7. The highest BCUT2D eigenvalue weighted by atomic mass is 16.6. The van der Waals surface area contributed by atoms with Crippen molar-refractivity contribution in [3.8, 4) is 11.6 Å². The van der Waals surface area contributed by atoms with Crippen molar-refractivity contribution in [1.82, 2.24) is 29.4 Å². The fourth-order valence-corrected chi connectivity index (χ4v) is 5.60. The molecule has 0 unspecified atom stereocenters. The first-order valence-corrected chi connectivity index (χ1v) is 14.0. The second-order valence-corrected chi connectivity index (χ2v) is 11.2. The van der Waals surface area contributed by atoms with Crippen molar-refractivity contribution in [2.24, 2.45) is 0 Å². The van der Waals surface area contributed by atoms with Crippen molar-refractivity contribution in [3.63, 3.8) is 0 Å². The number of fused-ring (bicyclic) bond motifs is 2. The number of aromatic nitrogens is 5. The van der Waals surface area contributed by atoms with Gasteiger partial charge < -0.3 is 28.6 Å². The van der Waals surface area contributed by atoms with Crippen LogP contribution < -0.4 is 15.1 Å². The summed E-state index contributed by atoms with van der Waals surface area (Å²) >= 11 is 0. The molecule has 220 valence electrons. The molecule has 1 aliphatic carbocycles. The summed E-state index contributed by atoms with van der Waals surface area (Å²) < 4.78 is 17.9. The van der Waals surface area contributed by atoms with Gasteiger partial charge in [0.15, 0.2) is 11.2 Å². The van der Waals surface area contributed by atoms with Crippen LogP contribution in [0.2, 0.25) is 0 Å². The number of ether oxygens (including phenoxy) is 3. The summed E-state index contributed by atoms with van der Waals surface area (Å²) in [7, 11) is 1.51. The third-order valence-electron chi connectivity index (χ3n) is 7.47. The number of carbonyl (C=O) groups is 2. The summed E-state index contributed by atoms with van der Waals surface area (Å²) in [5.41, 5.74) is 1.29. The SMILES string of the molecule is CCOC(=O)Cn1c(CC)c(N2CCN(C(=O)OC(C)(C)C)[C@H]3CC[C@@H]32)c(=O)c2nn(-c3ccnc(OC)c3)nc21. The van der Waals surface area contributed by atoms with E-state index in [0.29, 0.717) is 42.5 Å². The Kier molecular flexibility index (Phi) is 7.62. The molecule has 41 heavy (non-hydrogen) atoms. The zero-order valence-corrected chi connectivity index (χ0v) is 24.4. The van der Waals surface area contributed by atoms with E-state index in [1.165, 1.54) is 11.9 Å². The van der Waals surface area contributed by atoms with Gasteiger partial charge in [0, 0.05) is 37.1 Å². The molecule has 2 atom stereocenters. The van der Waals surface area contributed by atoms with E-state index in [9.17, 15) is 14.4 Å². The maximum absolute atomic E-state index is 14.2. The molecule has 3 aromatic heterocycles. The van der Waals surface area contributed by atoms with Gasteiger partial charge in [-0.3, -0.25) is 9.59 Å². The van der Waals surface area contributed by atoms with Gasteiger partial charge in [-0.05, 0) is 53.0 Å². The van der Waals surface area contributed by atoms with Gasteiger partial charge in [0.2, 0.25) is 11.3 Å². The quantitative estimate of drug-likeness (QED) is 0.392. The van der Waals surface area contributed by atoms with Crippen molar-refractivity contribution in [2.45, 2.75) is 78.1 Å². The summed E-state index contributed by atoms with van der Waals surface area (Å²) in [4.78, 5) is 49.3. The minimum absolute atomic E-state index is 0.0535. The first-order valence-electron chi connectivity index (χ1n) is 14.0. The third kappa shape index (κ3) is 5.32. The highest BCUT2D eigenvalue weighted by Crippen LogP contribution is 2.38. The fraction of sp³-hybridized carbons (Fsp3) is 0.571. The molecule has 0 bridgehead atoms. The smallest absolute Gasteiger partial charge is 0.410 e. The van der Waals surface area contributed by atoms with Crippen molar-refractivity contribution in [1.29, 1.82) is 0 Å². The monoisotopic (exact) mass is 567 g/mol. The normalized spacial score (nSPS) is 18.6. The first-order chi connectivity index (χ1) is 19.6. The average Bonchev–Trinajstić information content (AvgIpc) is 3.36. The number of methoxy groups -OCH3 is 1. The maximum Gasteiger partial charge on any atom is 0.410 e. The number of amides is 1. The first kappa shape index (κ1) is 28.4. The molecule has 1 aliphatic heterocycles. The Morgan fingerprint density at radius 2 is 1.85 bits per heavy atom. The summed E-state index contributed by atoms with van der Waals surface area (Å²) in [6.45, 7) is 10.2. The molecule has 5 rings (SSSR count). The maximum atomic E-state index is 14.2. The number of hydrogen-bond donors (Lipinski definition) is 0. The van der Waals surface area contributed by atoms with Crippen molar-refractivity contribution < 1.29 is 23.8 Å². The van der Waals surface area contributed by atoms with Gasteiger partial charge in [0.05, 0.1) is 25.4 Å². The van der Waals surface area contributed by atoms with E-state index in [2.05, 4.69) is 20.1 Å². The zero-order valence-electron chi connectivity index (χ0n) is 24.4. The largest absolute Gasteiger partial charge is 0.481 e. The molecule has 1 saturated carbocycles. The van der Waals surface area contributed by atoms with Crippen LogP contribution in [0.4, 0.5) is 10.5 Å². The molecular formula is C28H37N7O6. The van der Waals surface area contributed by atoms with Gasteiger partial charge in [-0.25, -0.2) is 9.78 Å². The summed E-state index contributed by atoms with van der Waals surface area (Å²) in [5.74, 6) is -0.0612. The number of pyridine rings is 2. The second-order valence-electron chi connectivity index (χ2n) is 11.2. The Bertz CT molecular complexity index is 1520. The van der Waals surface area contributed by atoms with Crippen LogP contribution in [0.25, 0.3) is 16.9 Å². The number of esters is 1. The van der Waals surface area contributed by atoms with Gasteiger partial charge in [-0.2, -0.15) is 0 Å². The average molecular weight is 568 g/mol. The molecule has 2 fully saturated rings. The lowest BCUT2D eigenvalue weighted by atomic mass is 9.81. The Morgan fingerprint density at radius 3 is 2.49 bits per heavy atom. The second kappa shape index (κ2) is 11.0. The van der Waals surface area contributed by atoms with Crippen LogP contribution in [0.3, 0.4) is 0 Å². The van der Waals surface area contributed by atoms with E-state index in [1.807, 2.05) is 27.7 Å². The molecule has 0 radical (unpaired) electrons. The van der Waals surface area contributed by atoms with Gasteiger partial charge in [-0.15, -0.1) is 15.0 Å². The number of nitrogens with zero attached hydrogens (tertiary/aromatic N) is 7. The lowest BCUT2D eigenvalue weighted by Crippen LogP contribution is -2.67. The van der Waals surface area contributed by atoms with Crippen LogP contribution in [0.15, 0.2) is 23.1 Å². The number of piperazine rings is 1. The van der Waals surface area contributed by atoms with E-state index in [-0.39, 0.29) is 47.9 Å². The molecule has 13 heteroatoms. The summed E-state index contributed by atoms with van der Waals surface area (Å²) in [6.07, 6.45) is 3.34. The Balaban J connectivity index is 1.61. The summed E-state index contributed by atoms with van der Waals surface area (Å²) in [5, 5.41) is 9.21. The van der Waals surface area contributed by atoms with E-state index >= 15 is 0 Å². The predicted molar refractivity (Wildman–Crippen MR) is 151 cm³/mol. The van der Waals surface area contributed by atoms with E-state index in [1.54, 1.807) is 34.7 Å². The standard InChI is InChI=1S/C28H37N7O6/c1-7-18-24(32-13-14-33(20-10-9-19(20)32)27(38)41-28(3,4)5)25(37)23-26(34(18)16-22(36)40-8-2)31-35(30-23)17-11-12-29-21(15-17)39-6/h11-12,15,19-20H,7-10,13-14,16H2,1-6H3/t19-,20-/m0/s1. The third-order valence-corrected chi connectivity index (χ3v) is 7.47. The number of hydrogen-bond acceptors (Lipinski definition) is 10. The zero-order chi connectivity index (χ0) is 29.5. The van der Waals surface area contributed by atoms with Gasteiger partial charge >= 0.3 is 12.1 Å². The lowest BCUT2D eigenvalue weighted by molar-refractivity contribution is -0.143.